The molecule has 1 aromatic heterocycles. The van der Waals surface area contributed by atoms with E-state index in [0.717, 1.165) is 29.9 Å². The van der Waals surface area contributed by atoms with Gasteiger partial charge in [-0.15, -0.1) is 0 Å². The maximum absolute atomic E-state index is 12.9. The third kappa shape index (κ3) is 4.36. The van der Waals surface area contributed by atoms with Gasteiger partial charge < -0.3 is 15.0 Å². The Balaban J connectivity index is 1.15. The predicted octanol–water partition coefficient (Wildman–Crippen LogP) is 2.76. The first-order valence-corrected chi connectivity index (χ1v) is 11.5. The Labute approximate surface area is 197 Å². The van der Waals surface area contributed by atoms with Gasteiger partial charge in [-0.3, -0.25) is 19.3 Å². The summed E-state index contributed by atoms with van der Waals surface area (Å²) in [6.45, 7) is 3.57. The van der Waals surface area contributed by atoms with E-state index in [1.165, 1.54) is 4.90 Å². The molecular formula is C26H26N4O4. The molecule has 0 radical (unpaired) electrons. The largest absolute Gasteiger partial charge is 0.378 e. The van der Waals surface area contributed by atoms with E-state index >= 15 is 0 Å². The van der Waals surface area contributed by atoms with Crippen LogP contribution in [0.2, 0.25) is 0 Å². The average molecular weight is 459 g/mol. The highest BCUT2D eigenvalue weighted by molar-refractivity contribution is 6.25. The molecule has 34 heavy (non-hydrogen) atoms. The van der Waals surface area contributed by atoms with E-state index in [1.807, 2.05) is 36.4 Å². The number of nitrogens with zero attached hydrogens (tertiary/aromatic N) is 3. The summed E-state index contributed by atoms with van der Waals surface area (Å²) in [7, 11) is 0. The van der Waals surface area contributed by atoms with Gasteiger partial charge in [-0.25, -0.2) is 4.98 Å². The molecule has 1 saturated heterocycles. The number of aromatic nitrogens is 1. The minimum Gasteiger partial charge on any atom is -0.378 e. The molecule has 8 heteroatoms. The van der Waals surface area contributed by atoms with Crippen LogP contribution in [0, 0.1) is 0 Å². The molecule has 0 saturated carbocycles. The smallest absolute Gasteiger partial charge is 0.261 e. The van der Waals surface area contributed by atoms with Crippen LogP contribution in [-0.4, -0.2) is 60.5 Å². The fourth-order valence-corrected chi connectivity index (χ4v) is 4.51. The molecule has 174 valence electrons. The van der Waals surface area contributed by atoms with Gasteiger partial charge in [0.1, 0.15) is 5.82 Å². The molecule has 5 rings (SSSR count). The topological polar surface area (TPSA) is 91.8 Å². The van der Waals surface area contributed by atoms with E-state index < -0.39 is 0 Å². The lowest BCUT2D eigenvalue weighted by Crippen LogP contribution is -2.41. The number of anilines is 1. The molecule has 3 heterocycles. The van der Waals surface area contributed by atoms with Crippen LogP contribution in [0.25, 0.3) is 10.8 Å². The van der Waals surface area contributed by atoms with Gasteiger partial charge in [-0.1, -0.05) is 24.3 Å². The number of morpholine rings is 1. The molecule has 1 fully saturated rings. The number of imide groups is 1. The Kier molecular flexibility index (Phi) is 6.22. The molecule has 0 spiro atoms. The van der Waals surface area contributed by atoms with Crippen LogP contribution in [0.1, 0.15) is 39.1 Å². The number of hydrogen-bond donors (Lipinski definition) is 1. The van der Waals surface area contributed by atoms with Crippen molar-refractivity contribution >= 4 is 34.3 Å². The van der Waals surface area contributed by atoms with Crippen molar-refractivity contribution in [2.24, 2.45) is 0 Å². The zero-order valence-electron chi connectivity index (χ0n) is 18.8. The number of nitrogens with one attached hydrogen (secondary N) is 1. The lowest BCUT2D eigenvalue weighted by atomic mass is 9.94. The summed E-state index contributed by atoms with van der Waals surface area (Å²) < 4.78 is 5.38. The van der Waals surface area contributed by atoms with E-state index in [0.29, 0.717) is 42.7 Å². The third-order valence-corrected chi connectivity index (χ3v) is 6.28. The lowest BCUT2D eigenvalue weighted by Gasteiger charge is -2.28. The van der Waals surface area contributed by atoms with Crippen molar-refractivity contribution in [3.63, 3.8) is 0 Å². The van der Waals surface area contributed by atoms with Gasteiger partial charge in [0.2, 0.25) is 5.91 Å². The number of carbonyl (C=O) groups excluding carboxylic acids is 3. The van der Waals surface area contributed by atoms with E-state index in [2.05, 4.69) is 15.2 Å². The van der Waals surface area contributed by atoms with Gasteiger partial charge in [0.15, 0.2) is 0 Å². The van der Waals surface area contributed by atoms with Crippen LogP contribution in [0.4, 0.5) is 5.82 Å². The van der Waals surface area contributed by atoms with E-state index in [1.54, 1.807) is 18.3 Å². The normalized spacial score (nSPS) is 15.6. The quantitative estimate of drug-likeness (QED) is 0.548. The highest BCUT2D eigenvalue weighted by Gasteiger charge is 2.32. The summed E-state index contributed by atoms with van der Waals surface area (Å²) in [4.78, 5) is 46.2. The maximum Gasteiger partial charge on any atom is 0.261 e. The molecule has 2 aromatic carbocycles. The number of pyridine rings is 1. The second-order valence-electron chi connectivity index (χ2n) is 8.47. The van der Waals surface area contributed by atoms with Gasteiger partial charge in [-0.2, -0.15) is 0 Å². The Hall–Kier alpha value is -3.78. The van der Waals surface area contributed by atoms with Crippen LogP contribution in [0.5, 0.6) is 0 Å². The average Bonchev–Trinajstić information content (AvgIpc) is 2.88. The molecule has 1 N–H and O–H groups in total. The van der Waals surface area contributed by atoms with Crippen molar-refractivity contribution in [1.82, 2.24) is 15.2 Å². The lowest BCUT2D eigenvalue weighted by molar-refractivity contribution is -0.121. The Morgan fingerprint density at radius 2 is 1.71 bits per heavy atom. The Morgan fingerprint density at radius 1 is 1.00 bits per heavy atom. The zero-order valence-corrected chi connectivity index (χ0v) is 18.8. The number of carbonyl (C=O) groups is 3. The number of hydrogen-bond acceptors (Lipinski definition) is 6. The number of ether oxygens (including phenoxy) is 1. The highest BCUT2D eigenvalue weighted by Crippen LogP contribution is 2.30. The van der Waals surface area contributed by atoms with Crippen molar-refractivity contribution in [3.05, 3.63) is 71.4 Å². The van der Waals surface area contributed by atoms with Gasteiger partial charge in [0.25, 0.3) is 11.8 Å². The molecule has 3 aromatic rings. The van der Waals surface area contributed by atoms with Gasteiger partial charge >= 0.3 is 0 Å². The zero-order chi connectivity index (χ0) is 23.5. The molecule has 0 aliphatic carbocycles. The van der Waals surface area contributed by atoms with Crippen molar-refractivity contribution in [1.29, 1.82) is 0 Å². The SMILES string of the molecule is O=C(CCCN1C(=O)c2cccc3cccc(c23)C1=O)NCc1ccnc(N2CCOCC2)c1. The minimum absolute atomic E-state index is 0.121. The summed E-state index contributed by atoms with van der Waals surface area (Å²) in [5.41, 5.74) is 2.03. The van der Waals surface area contributed by atoms with Gasteiger partial charge in [0.05, 0.1) is 13.2 Å². The molecule has 0 unspecified atom stereocenters. The number of benzene rings is 2. The molecule has 8 nitrogen and oxygen atoms in total. The Morgan fingerprint density at radius 3 is 2.41 bits per heavy atom. The first-order chi connectivity index (χ1) is 16.6. The minimum atomic E-state index is -0.304. The molecule has 3 amide bonds. The summed E-state index contributed by atoms with van der Waals surface area (Å²) in [5, 5.41) is 4.51. The monoisotopic (exact) mass is 458 g/mol. The Bertz CT molecular complexity index is 1200. The van der Waals surface area contributed by atoms with E-state index in [-0.39, 0.29) is 30.7 Å². The van der Waals surface area contributed by atoms with Gasteiger partial charge in [-0.05, 0) is 41.6 Å². The summed E-state index contributed by atoms with van der Waals surface area (Å²) in [6, 6.07) is 14.8. The van der Waals surface area contributed by atoms with E-state index in [9.17, 15) is 14.4 Å². The van der Waals surface area contributed by atoms with Crippen LogP contribution in [0.3, 0.4) is 0 Å². The van der Waals surface area contributed by atoms with Crippen molar-refractivity contribution in [2.75, 3.05) is 37.7 Å². The number of rotatable bonds is 7. The third-order valence-electron chi connectivity index (χ3n) is 6.28. The van der Waals surface area contributed by atoms with Crippen molar-refractivity contribution in [3.8, 4) is 0 Å². The molecule has 2 aliphatic heterocycles. The second-order valence-corrected chi connectivity index (χ2v) is 8.47. The number of amides is 3. The van der Waals surface area contributed by atoms with Crippen LogP contribution in [-0.2, 0) is 16.1 Å². The molecule has 2 aliphatic rings. The predicted molar refractivity (Wildman–Crippen MR) is 128 cm³/mol. The highest BCUT2D eigenvalue weighted by atomic mass is 16.5. The van der Waals surface area contributed by atoms with E-state index in [4.69, 9.17) is 4.74 Å². The van der Waals surface area contributed by atoms with Crippen LogP contribution >= 0.6 is 0 Å². The van der Waals surface area contributed by atoms with Crippen LogP contribution < -0.4 is 10.2 Å². The van der Waals surface area contributed by atoms with Crippen molar-refractivity contribution in [2.45, 2.75) is 19.4 Å². The summed E-state index contributed by atoms with van der Waals surface area (Å²) in [5.74, 6) is 0.154. The van der Waals surface area contributed by atoms with Gasteiger partial charge in [0, 0.05) is 55.3 Å². The molecular weight excluding hydrogens is 432 g/mol. The summed E-state index contributed by atoms with van der Waals surface area (Å²) >= 11 is 0. The molecule has 0 atom stereocenters. The standard InChI is InChI=1S/C26H26N4O4/c31-23(28-17-18-9-10-27-22(16-18)29-12-14-34-15-13-29)8-3-11-30-25(32)20-6-1-4-19-5-2-7-21(24(19)20)26(30)33/h1-2,4-7,9-10,16H,3,8,11-15,17H2,(H,28,31). The second kappa shape index (κ2) is 9.61. The summed E-state index contributed by atoms with van der Waals surface area (Å²) in [6.07, 6.45) is 2.37. The van der Waals surface area contributed by atoms with Crippen molar-refractivity contribution < 1.29 is 19.1 Å². The fraction of sp³-hybridized carbons (Fsp3) is 0.308. The maximum atomic E-state index is 12.9. The molecule has 0 bridgehead atoms. The van der Waals surface area contributed by atoms with Crippen LogP contribution in [0.15, 0.2) is 54.7 Å². The first-order valence-electron chi connectivity index (χ1n) is 11.5. The first kappa shape index (κ1) is 22.0. The fourth-order valence-electron chi connectivity index (χ4n) is 4.51.